The van der Waals surface area contributed by atoms with Crippen molar-refractivity contribution in [2.45, 2.75) is 19.5 Å². The highest BCUT2D eigenvalue weighted by Gasteiger charge is 2.07. The highest BCUT2D eigenvalue weighted by Crippen LogP contribution is 2.23. The van der Waals surface area contributed by atoms with E-state index in [4.69, 9.17) is 11.6 Å². The van der Waals surface area contributed by atoms with Crippen molar-refractivity contribution in [1.82, 2.24) is 20.5 Å². The van der Waals surface area contributed by atoms with Crippen LogP contribution < -0.4 is 5.32 Å². The Labute approximate surface area is 104 Å². The van der Waals surface area contributed by atoms with E-state index in [1.54, 1.807) is 12.1 Å². The van der Waals surface area contributed by atoms with Crippen LogP contribution in [0.15, 0.2) is 24.5 Å². The molecular formula is C11H13ClN4O. The van der Waals surface area contributed by atoms with Crippen LogP contribution in [-0.2, 0) is 6.54 Å². The maximum Gasteiger partial charge on any atom is 0.141 e. The van der Waals surface area contributed by atoms with E-state index in [2.05, 4.69) is 20.5 Å². The lowest BCUT2D eigenvalue weighted by molar-refractivity contribution is 0.475. The molecule has 0 fully saturated rings. The summed E-state index contributed by atoms with van der Waals surface area (Å²) in [5, 5.41) is 19.5. The Morgan fingerprint density at radius 1 is 1.53 bits per heavy atom. The quantitative estimate of drug-likeness (QED) is 0.778. The lowest BCUT2D eigenvalue weighted by Gasteiger charge is -2.11. The van der Waals surface area contributed by atoms with Crippen LogP contribution in [-0.4, -0.2) is 20.3 Å². The topological polar surface area (TPSA) is 73.8 Å². The van der Waals surface area contributed by atoms with Gasteiger partial charge in [0.1, 0.15) is 17.9 Å². The van der Waals surface area contributed by atoms with Gasteiger partial charge in [0.2, 0.25) is 0 Å². The number of hydrogen-bond acceptors (Lipinski definition) is 4. The molecule has 0 spiro atoms. The van der Waals surface area contributed by atoms with Gasteiger partial charge in [-0.3, -0.25) is 5.10 Å². The third-order valence-corrected chi connectivity index (χ3v) is 2.77. The Morgan fingerprint density at radius 3 is 3.00 bits per heavy atom. The Hall–Kier alpha value is -1.59. The molecule has 1 heterocycles. The fourth-order valence-electron chi connectivity index (χ4n) is 1.45. The van der Waals surface area contributed by atoms with Gasteiger partial charge in [-0.25, -0.2) is 4.98 Å². The van der Waals surface area contributed by atoms with Gasteiger partial charge < -0.3 is 10.4 Å². The second-order valence-corrected chi connectivity index (χ2v) is 4.17. The molecule has 6 heteroatoms. The number of halogens is 1. The average Bonchev–Trinajstić information content (AvgIpc) is 2.84. The second kappa shape index (κ2) is 5.16. The highest BCUT2D eigenvalue weighted by molar-refractivity contribution is 6.32. The standard InChI is InChI=1S/C11H13ClN4O/c1-7(11-14-6-15-16-11)13-5-8-2-3-10(17)9(12)4-8/h2-4,6-7,13,17H,5H2,1H3,(H,14,15,16). The Kier molecular flexibility index (Phi) is 3.61. The number of benzene rings is 1. The first kappa shape index (κ1) is 11.9. The molecule has 0 amide bonds. The molecule has 2 rings (SSSR count). The maximum absolute atomic E-state index is 9.30. The van der Waals surface area contributed by atoms with Crippen LogP contribution >= 0.6 is 11.6 Å². The van der Waals surface area contributed by atoms with Gasteiger partial charge in [0.15, 0.2) is 0 Å². The monoisotopic (exact) mass is 252 g/mol. The van der Waals surface area contributed by atoms with Crippen molar-refractivity contribution in [2.24, 2.45) is 0 Å². The molecule has 0 aliphatic rings. The molecule has 3 N–H and O–H groups in total. The number of hydrogen-bond donors (Lipinski definition) is 3. The second-order valence-electron chi connectivity index (χ2n) is 3.76. The van der Waals surface area contributed by atoms with E-state index in [1.807, 2.05) is 13.0 Å². The first-order valence-corrected chi connectivity index (χ1v) is 5.60. The number of aromatic nitrogens is 3. The number of rotatable bonds is 4. The molecule has 2 aromatic rings. The van der Waals surface area contributed by atoms with Crippen LogP contribution in [0.3, 0.4) is 0 Å². The van der Waals surface area contributed by atoms with Gasteiger partial charge in [0.25, 0.3) is 0 Å². The third kappa shape index (κ3) is 2.95. The number of phenolic OH excluding ortho intramolecular Hbond substituents is 1. The molecule has 0 saturated carbocycles. The normalized spacial score (nSPS) is 12.6. The first-order valence-electron chi connectivity index (χ1n) is 5.23. The van der Waals surface area contributed by atoms with Gasteiger partial charge in [-0.15, -0.1) is 0 Å². The highest BCUT2D eigenvalue weighted by atomic mass is 35.5. The minimum atomic E-state index is 0.0741. The van der Waals surface area contributed by atoms with E-state index in [9.17, 15) is 5.11 Å². The zero-order chi connectivity index (χ0) is 12.3. The molecule has 1 aromatic heterocycles. The van der Waals surface area contributed by atoms with Crippen molar-refractivity contribution in [1.29, 1.82) is 0 Å². The van der Waals surface area contributed by atoms with E-state index < -0.39 is 0 Å². The molecule has 0 bridgehead atoms. The van der Waals surface area contributed by atoms with Crippen LogP contribution in [0.25, 0.3) is 0 Å². The third-order valence-electron chi connectivity index (χ3n) is 2.47. The summed E-state index contributed by atoms with van der Waals surface area (Å²) in [6.45, 7) is 2.63. The summed E-state index contributed by atoms with van der Waals surface area (Å²) in [5.41, 5.74) is 0.999. The van der Waals surface area contributed by atoms with Gasteiger partial charge >= 0.3 is 0 Å². The fraction of sp³-hybridized carbons (Fsp3) is 0.273. The van der Waals surface area contributed by atoms with Crippen molar-refractivity contribution in [2.75, 3.05) is 0 Å². The van der Waals surface area contributed by atoms with Crippen molar-refractivity contribution < 1.29 is 5.11 Å². The number of phenols is 1. The minimum Gasteiger partial charge on any atom is -0.506 e. The Morgan fingerprint density at radius 2 is 2.35 bits per heavy atom. The molecule has 1 atom stereocenters. The van der Waals surface area contributed by atoms with Gasteiger partial charge in [0.05, 0.1) is 11.1 Å². The van der Waals surface area contributed by atoms with Crippen LogP contribution in [0.5, 0.6) is 5.75 Å². The van der Waals surface area contributed by atoms with E-state index in [0.29, 0.717) is 11.6 Å². The smallest absolute Gasteiger partial charge is 0.141 e. The van der Waals surface area contributed by atoms with Crippen molar-refractivity contribution in [3.63, 3.8) is 0 Å². The molecular weight excluding hydrogens is 240 g/mol. The van der Waals surface area contributed by atoms with E-state index in [0.717, 1.165) is 11.4 Å². The largest absolute Gasteiger partial charge is 0.506 e. The number of H-pyrrole nitrogens is 1. The van der Waals surface area contributed by atoms with Crippen LogP contribution in [0.1, 0.15) is 24.4 Å². The summed E-state index contributed by atoms with van der Waals surface area (Å²) in [7, 11) is 0. The molecule has 0 aliphatic carbocycles. The number of nitrogens with one attached hydrogen (secondary N) is 2. The number of aromatic amines is 1. The maximum atomic E-state index is 9.30. The predicted octanol–water partition coefficient (Wildman–Crippen LogP) is 2.01. The Balaban J connectivity index is 1.96. The molecule has 0 radical (unpaired) electrons. The van der Waals surface area contributed by atoms with Gasteiger partial charge in [-0.2, -0.15) is 5.10 Å². The number of aromatic hydroxyl groups is 1. The summed E-state index contributed by atoms with van der Waals surface area (Å²) in [4.78, 5) is 4.06. The van der Waals surface area contributed by atoms with E-state index in [-0.39, 0.29) is 11.8 Å². The van der Waals surface area contributed by atoms with Gasteiger partial charge in [0, 0.05) is 6.54 Å². The molecule has 0 saturated heterocycles. The molecule has 90 valence electrons. The first-order chi connectivity index (χ1) is 8.16. The summed E-state index contributed by atoms with van der Waals surface area (Å²) >= 11 is 5.82. The van der Waals surface area contributed by atoms with Crippen LogP contribution in [0.2, 0.25) is 5.02 Å². The SMILES string of the molecule is CC(NCc1ccc(O)c(Cl)c1)c1ncn[nH]1. The van der Waals surface area contributed by atoms with Crippen LogP contribution in [0.4, 0.5) is 0 Å². The zero-order valence-electron chi connectivity index (χ0n) is 9.31. The molecule has 1 unspecified atom stereocenters. The van der Waals surface area contributed by atoms with E-state index >= 15 is 0 Å². The lowest BCUT2D eigenvalue weighted by Crippen LogP contribution is -2.19. The summed E-state index contributed by atoms with van der Waals surface area (Å²) in [6, 6.07) is 5.21. The van der Waals surface area contributed by atoms with E-state index in [1.165, 1.54) is 6.33 Å². The lowest BCUT2D eigenvalue weighted by atomic mass is 10.2. The fourth-order valence-corrected chi connectivity index (χ4v) is 1.65. The summed E-state index contributed by atoms with van der Waals surface area (Å²) < 4.78 is 0. The number of nitrogens with zero attached hydrogens (tertiary/aromatic N) is 2. The van der Waals surface area contributed by atoms with Crippen molar-refractivity contribution >= 4 is 11.6 Å². The van der Waals surface area contributed by atoms with Crippen LogP contribution in [0, 0.1) is 0 Å². The molecule has 0 aliphatic heterocycles. The Bertz CT molecular complexity index is 486. The predicted molar refractivity (Wildman–Crippen MR) is 64.8 cm³/mol. The van der Waals surface area contributed by atoms with Crippen molar-refractivity contribution in [3.8, 4) is 5.75 Å². The van der Waals surface area contributed by atoms with Crippen molar-refractivity contribution in [3.05, 3.63) is 40.9 Å². The van der Waals surface area contributed by atoms with Gasteiger partial charge in [-0.1, -0.05) is 17.7 Å². The average molecular weight is 253 g/mol. The van der Waals surface area contributed by atoms with Gasteiger partial charge in [-0.05, 0) is 24.6 Å². The molecule has 17 heavy (non-hydrogen) atoms. The summed E-state index contributed by atoms with van der Waals surface area (Å²) in [6.07, 6.45) is 1.48. The zero-order valence-corrected chi connectivity index (χ0v) is 10.1. The molecule has 5 nitrogen and oxygen atoms in total. The summed E-state index contributed by atoms with van der Waals surface area (Å²) in [5.74, 6) is 0.883. The molecule has 1 aromatic carbocycles. The minimum absolute atomic E-state index is 0.0741.